The minimum Gasteiger partial charge on any atom is -0.381 e. The summed E-state index contributed by atoms with van der Waals surface area (Å²) in [4.78, 5) is 0. The second-order valence-electron chi connectivity index (χ2n) is 3.08. The van der Waals surface area contributed by atoms with Crippen LogP contribution >= 0.6 is 34.9 Å². The van der Waals surface area contributed by atoms with Gasteiger partial charge in [-0.25, -0.2) is 0 Å². The first-order valence-electron chi connectivity index (χ1n) is 5.53. The van der Waals surface area contributed by atoms with E-state index in [0.29, 0.717) is 0 Å². The average molecular weight is 278 g/mol. The molecule has 16 heavy (non-hydrogen) atoms. The Hall–Kier alpha value is 0.220. The Balaban J connectivity index is 2.17. The van der Waals surface area contributed by atoms with Crippen molar-refractivity contribution in [1.82, 2.24) is 10.2 Å². The highest BCUT2D eigenvalue weighted by molar-refractivity contribution is 8.03. The van der Waals surface area contributed by atoms with Gasteiger partial charge in [-0.1, -0.05) is 48.2 Å². The van der Waals surface area contributed by atoms with Gasteiger partial charge in [-0.3, -0.25) is 0 Å². The molecule has 3 nitrogen and oxygen atoms in total. The molecule has 0 saturated heterocycles. The molecule has 92 valence electrons. The van der Waals surface area contributed by atoms with Crippen molar-refractivity contribution in [3.05, 3.63) is 0 Å². The Labute approximate surface area is 110 Å². The fraction of sp³-hybridized carbons (Fsp3) is 0.800. The standard InChI is InChI=1S/C10H18N2OS3/c1-3-5-7-14-9-11-12-10(16-9)15-8-6-13-4-2/h3-8H2,1-2H3. The third-order valence-corrected chi connectivity index (χ3v) is 5.01. The highest BCUT2D eigenvalue weighted by Crippen LogP contribution is 2.28. The predicted molar refractivity (Wildman–Crippen MR) is 72.8 cm³/mol. The maximum Gasteiger partial charge on any atom is 0.175 e. The number of aromatic nitrogens is 2. The van der Waals surface area contributed by atoms with Gasteiger partial charge in [0.1, 0.15) is 0 Å². The molecule has 0 aliphatic rings. The molecular weight excluding hydrogens is 260 g/mol. The van der Waals surface area contributed by atoms with Gasteiger partial charge in [0.15, 0.2) is 8.68 Å². The largest absolute Gasteiger partial charge is 0.381 e. The Kier molecular flexibility index (Phi) is 8.28. The zero-order valence-corrected chi connectivity index (χ0v) is 12.2. The summed E-state index contributed by atoms with van der Waals surface area (Å²) in [6.45, 7) is 5.79. The molecule has 0 saturated carbocycles. The zero-order valence-electron chi connectivity index (χ0n) is 9.77. The molecule has 6 heteroatoms. The van der Waals surface area contributed by atoms with E-state index in [9.17, 15) is 0 Å². The van der Waals surface area contributed by atoms with Gasteiger partial charge >= 0.3 is 0 Å². The SMILES string of the molecule is CCCCSc1nnc(SCCOCC)s1. The van der Waals surface area contributed by atoms with E-state index in [1.54, 1.807) is 23.1 Å². The van der Waals surface area contributed by atoms with Gasteiger partial charge in [-0.05, 0) is 13.3 Å². The van der Waals surface area contributed by atoms with Gasteiger partial charge < -0.3 is 4.74 Å². The lowest BCUT2D eigenvalue weighted by Crippen LogP contribution is -1.95. The van der Waals surface area contributed by atoms with E-state index in [4.69, 9.17) is 4.74 Å². The molecule has 0 radical (unpaired) electrons. The minimum absolute atomic E-state index is 0.787. The van der Waals surface area contributed by atoms with Gasteiger partial charge in [0.2, 0.25) is 0 Å². The van der Waals surface area contributed by atoms with E-state index in [1.165, 1.54) is 12.8 Å². The van der Waals surface area contributed by atoms with Crippen LogP contribution in [0.4, 0.5) is 0 Å². The third kappa shape index (κ3) is 6.08. The molecule has 0 unspecified atom stereocenters. The van der Waals surface area contributed by atoms with Crippen molar-refractivity contribution in [2.75, 3.05) is 24.7 Å². The number of ether oxygens (including phenoxy) is 1. The second kappa shape index (κ2) is 9.27. The molecule has 0 bridgehead atoms. The van der Waals surface area contributed by atoms with Crippen LogP contribution in [-0.4, -0.2) is 34.9 Å². The first kappa shape index (κ1) is 14.3. The monoisotopic (exact) mass is 278 g/mol. The van der Waals surface area contributed by atoms with E-state index in [2.05, 4.69) is 17.1 Å². The van der Waals surface area contributed by atoms with E-state index < -0.39 is 0 Å². The quantitative estimate of drug-likeness (QED) is 0.510. The van der Waals surface area contributed by atoms with Crippen LogP contribution in [0.2, 0.25) is 0 Å². The van der Waals surface area contributed by atoms with Gasteiger partial charge in [0.25, 0.3) is 0 Å². The molecule has 1 aromatic heterocycles. The predicted octanol–water partition coefficient (Wildman–Crippen LogP) is 3.56. The van der Waals surface area contributed by atoms with Crippen molar-refractivity contribution in [2.45, 2.75) is 35.4 Å². The van der Waals surface area contributed by atoms with Crippen LogP contribution in [-0.2, 0) is 4.74 Å². The molecule has 0 fully saturated rings. The van der Waals surface area contributed by atoms with Crippen molar-refractivity contribution < 1.29 is 4.74 Å². The highest BCUT2D eigenvalue weighted by Gasteiger charge is 2.04. The van der Waals surface area contributed by atoms with Crippen LogP contribution in [0, 0.1) is 0 Å². The fourth-order valence-corrected chi connectivity index (χ4v) is 4.05. The summed E-state index contributed by atoms with van der Waals surface area (Å²) < 4.78 is 7.42. The molecule has 1 aromatic rings. The van der Waals surface area contributed by atoms with Gasteiger partial charge in [-0.2, -0.15) is 0 Å². The summed E-state index contributed by atoms with van der Waals surface area (Å²) in [6, 6.07) is 0. The van der Waals surface area contributed by atoms with E-state index in [1.807, 2.05) is 18.7 Å². The highest BCUT2D eigenvalue weighted by atomic mass is 32.2. The number of hydrogen-bond acceptors (Lipinski definition) is 6. The molecule has 1 heterocycles. The Morgan fingerprint density at radius 2 is 1.81 bits per heavy atom. The maximum absolute atomic E-state index is 5.27. The van der Waals surface area contributed by atoms with Crippen molar-refractivity contribution in [3.63, 3.8) is 0 Å². The molecule has 0 aliphatic heterocycles. The van der Waals surface area contributed by atoms with Crippen molar-refractivity contribution in [1.29, 1.82) is 0 Å². The summed E-state index contributed by atoms with van der Waals surface area (Å²) in [5.41, 5.74) is 0. The number of hydrogen-bond donors (Lipinski definition) is 0. The molecule has 0 atom stereocenters. The normalized spacial score (nSPS) is 10.9. The van der Waals surface area contributed by atoms with E-state index >= 15 is 0 Å². The fourth-order valence-electron chi connectivity index (χ4n) is 0.950. The van der Waals surface area contributed by atoms with Crippen molar-refractivity contribution in [3.8, 4) is 0 Å². The second-order valence-corrected chi connectivity index (χ2v) is 6.74. The van der Waals surface area contributed by atoms with Crippen molar-refractivity contribution >= 4 is 34.9 Å². The first-order chi connectivity index (χ1) is 7.86. The summed E-state index contributed by atoms with van der Waals surface area (Å²) in [6.07, 6.45) is 2.48. The maximum atomic E-state index is 5.27. The van der Waals surface area contributed by atoms with Crippen LogP contribution in [0.1, 0.15) is 26.7 Å². The summed E-state index contributed by atoms with van der Waals surface area (Å²) in [7, 11) is 0. The lowest BCUT2D eigenvalue weighted by molar-refractivity contribution is 0.164. The Morgan fingerprint density at radius 1 is 1.12 bits per heavy atom. The topological polar surface area (TPSA) is 35.0 Å². The van der Waals surface area contributed by atoms with Crippen LogP contribution in [0.25, 0.3) is 0 Å². The summed E-state index contributed by atoms with van der Waals surface area (Å²) in [5, 5.41) is 8.30. The number of unbranched alkanes of at least 4 members (excludes halogenated alkanes) is 1. The van der Waals surface area contributed by atoms with Crippen LogP contribution in [0.3, 0.4) is 0 Å². The van der Waals surface area contributed by atoms with Crippen LogP contribution in [0.15, 0.2) is 8.68 Å². The van der Waals surface area contributed by atoms with E-state index in [0.717, 1.165) is 33.4 Å². The summed E-state index contributed by atoms with van der Waals surface area (Å²) >= 11 is 5.23. The smallest absolute Gasteiger partial charge is 0.175 e. The van der Waals surface area contributed by atoms with Gasteiger partial charge in [0, 0.05) is 18.1 Å². The number of thioether (sulfide) groups is 2. The van der Waals surface area contributed by atoms with Crippen molar-refractivity contribution in [2.24, 2.45) is 0 Å². The molecule has 0 N–H and O–H groups in total. The lowest BCUT2D eigenvalue weighted by Gasteiger charge is -1.97. The van der Waals surface area contributed by atoms with Crippen LogP contribution < -0.4 is 0 Å². The van der Waals surface area contributed by atoms with Gasteiger partial charge in [0.05, 0.1) is 6.61 Å². The zero-order chi connectivity index (χ0) is 11.6. The lowest BCUT2D eigenvalue weighted by atomic mass is 10.4. The Bertz CT molecular complexity index is 281. The molecule has 0 aliphatic carbocycles. The minimum atomic E-state index is 0.787. The molecule has 0 spiro atoms. The average Bonchev–Trinajstić information content (AvgIpc) is 2.73. The molecule has 0 amide bonds. The molecular formula is C10H18N2OS3. The number of rotatable bonds is 9. The number of nitrogens with zero attached hydrogens (tertiary/aromatic N) is 2. The third-order valence-electron chi connectivity index (χ3n) is 1.77. The van der Waals surface area contributed by atoms with E-state index in [-0.39, 0.29) is 0 Å². The van der Waals surface area contributed by atoms with Crippen LogP contribution in [0.5, 0.6) is 0 Å². The van der Waals surface area contributed by atoms with Gasteiger partial charge in [-0.15, -0.1) is 10.2 Å². The Morgan fingerprint density at radius 3 is 2.44 bits per heavy atom. The summed E-state index contributed by atoms with van der Waals surface area (Å²) in [5.74, 6) is 2.11. The molecule has 0 aromatic carbocycles. The molecule has 1 rings (SSSR count). The first-order valence-corrected chi connectivity index (χ1v) is 8.32.